The van der Waals surface area contributed by atoms with Crippen LogP contribution in [0.4, 0.5) is 4.79 Å². The Balaban J connectivity index is 4.35. The van der Waals surface area contributed by atoms with Gasteiger partial charge in [0.25, 0.3) is 0 Å². The van der Waals surface area contributed by atoms with E-state index in [9.17, 15) is 9.59 Å². The average molecular weight is 273 g/mol. The van der Waals surface area contributed by atoms with Crippen LogP contribution in [0.3, 0.4) is 0 Å². The molecule has 1 amide bonds. The molecule has 0 fully saturated rings. The van der Waals surface area contributed by atoms with E-state index in [0.717, 1.165) is 6.42 Å². The van der Waals surface area contributed by atoms with Crippen molar-refractivity contribution in [1.29, 1.82) is 0 Å². The molecule has 0 saturated heterocycles. The zero-order chi connectivity index (χ0) is 15.2. The first-order chi connectivity index (χ1) is 8.53. The minimum Gasteiger partial charge on any atom is -0.480 e. The van der Waals surface area contributed by atoms with Gasteiger partial charge in [-0.3, -0.25) is 0 Å². The monoisotopic (exact) mass is 273 g/mol. The summed E-state index contributed by atoms with van der Waals surface area (Å²) in [7, 11) is 0. The summed E-state index contributed by atoms with van der Waals surface area (Å²) in [6.45, 7) is 11.5. The van der Waals surface area contributed by atoms with Gasteiger partial charge in [-0.1, -0.05) is 20.8 Å². The lowest BCUT2D eigenvalue weighted by Gasteiger charge is -2.23. The Morgan fingerprint density at radius 1 is 1.16 bits per heavy atom. The van der Waals surface area contributed by atoms with Crippen LogP contribution in [-0.4, -0.2) is 28.8 Å². The van der Waals surface area contributed by atoms with Gasteiger partial charge in [0.15, 0.2) is 0 Å². The second kappa shape index (κ2) is 7.36. The van der Waals surface area contributed by atoms with Crippen molar-refractivity contribution in [3.05, 3.63) is 0 Å². The molecule has 0 rings (SSSR count). The number of nitrogens with one attached hydrogen (secondary N) is 1. The molecule has 2 atom stereocenters. The van der Waals surface area contributed by atoms with Gasteiger partial charge in [-0.25, -0.2) is 9.59 Å². The normalized spacial score (nSPS) is 14.9. The molecule has 5 heteroatoms. The molecule has 0 saturated carbocycles. The van der Waals surface area contributed by atoms with Crippen molar-refractivity contribution in [3.63, 3.8) is 0 Å². The van der Waals surface area contributed by atoms with Crippen LogP contribution in [0.25, 0.3) is 0 Å². The molecule has 0 heterocycles. The summed E-state index contributed by atoms with van der Waals surface area (Å²) >= 11 is 0. The van der Waals surface area contributed by atoms with Crippen molar-refractivity contribution in [2.24, 2.45) is 11.8 Å². The maximum atomic E-state index is 11.6. The van der Waals surface area contributed by atoms with Crippen LogP contribution >= 0.6 is 0 Å². The van der Waals surface area contributed by atoms with Crippen LogP contribution in [0.2, 0.25) is 0 Å². The predicted molar refractivity (Wildman–Crippen MR) is 74.0 cm³/mol. The van der Waals surface area contributed by atoms with Gasteiger partial charge in [0.1, 0.15) is 11.6 Å². The van der Waals surface area contributed by atoms with E-state index in [1.54, 1.807) is 20.8 Å². The maximum Gasteiger partial charge on any atom is 0.408 e. The number of ether oxygens (including phenoxy) is 1. The molecule has 0 unspecified atom stereocenters. The van der Waals surface area contributed by atoms with Crippen molar-refractivity contribution < 1.29 is 19.4 Å². The number of rotatable bonds is 6. The Morgan fingerprint density at radius 3 is 2.05 bits per heavy atom. The van der Waals surface area contributed by atoms with Crippen molar-refractivity contribution in [2.45, 2.75) is 66.0 Å². The van der Waals surface area contributed by atoms with E-state index in [4.69, 9.17) is 9.84 Å². The van der Waals surface area contributed by atoms with Crippen LogP contribution in [0.1, 0.15) is 54.4 Å². The fourth-order valence-corrected chi connectivity index (χ4v) is 1.47. The molecule has 0 aliphatic rings. The lowest BCUT2D eigenvalue weighted by molar-refractivity contribution is -0.139. The average Bonchev–Trinajstić information content (AvgIpc) is 2.20. The van der Waals surface area contributed by atoms with Gasteiger partial charge < -0.3 is 15.2 Å². The number of hydrogen-bond acceptors (Lipinski definition) is 3. The van der Waals surface area contributed by atoms with Crippen LogP contribution in [0.15, 0.2) is 0 Å². The molecule has 0 radical (unpaired) electrons. The van der Waals surface area contributed by atoms with E-state index in [2.05, 4.69) is 26.1 Å². The van der Waals surface area contributed by atoms with Gasteiger partial charge in [0, 0.05) is 0 Å². The third-order valence-electron chi connectivity index (χ3n) is 3.04. The molecule has 0 aliphatic carbocycles. The summed E-state index contributed by atoms with van der Waals surface area (Å²) in [5.41, 5.74) is -0.627. The Labute approximate surface area is 115 Å². The molecule has 0 aromatic rings. The SMILES string of the molecule is CC(C)[C@H](C)CC[C@H](NC(=O)OC(C)(C)C)C(=O)O. The highest BCUT2D eigenvalue weighted by molar-refractivity contribution is 5.79. The standard InChI is InChI=1S/C14H27NO4/c1-9(2)10(3)7-8-11(12(16)17)15-13(18)19-14(4,5)6/h9-11H,7-8H2,1-6H3,(H,15,18)(H,16,17)/t10-,11+/m1/s1. The number of carbonyl (C=O) groups is 2. The second-order valence-corrected chi connectivity index (χ2v) is 6.34. The van der Waals surface area contributed by atoms with Crippen LogP contribution in [0.5, 0.6) is 0 Å². The molecule has 2 N–H and O–H groups in total. The molecule has 112 valence electrons. The zero-order valence-electron chi connectivity index (χ0n) is 12.8. The minimum absolute atomic E-state index is 0.411. The van der Waals surface area contributed by atoms with E-state index in [1.807, 2.05) is 0 Å². The smallest absolute Gasteiger partial charge is 0.408 e. The van der Waals surface area contributed by atoms with Crippen LogP contribution in [-0.2, 0) is 9.53 Å². The lowest BCUT2D eigenvalue weighted by atomic mass is 9.91. The summed E-state index contributed by atoms with van der Waals surface area (Å²) in [4.78, 5) is 22.7. The molecule has 0 aliphatic heterocycles. The number of carbonyl (C=O) groups excluding carboxylic acids is 1. The quantitative estimate of drug-likeness (QED) is 0.780. The maximum absolute atomic E-state index is 11.6. The zero-order valence-corrected chi connectivity index (χ0v) is 12.8. The van der Waals surface area contributed by atoms with E-state index in [0.29, 0.717) is 18.3 Å². The Kier molecular flexibility index (Phi) is 6.87. The van der Waals surface area contributed by atoms with Gasteiger partial charge in [-0.2, -0.15) is 0 Å². The molecule has 0 spiro atoms. The summed E-state index contributed by atoms with van der Waals surface area (Å²) < 4.78 is 5.06. The lowest BCUT2D eigenvalue weighted by Crippen LogP contribution is -2.43. The highest BCUT2D eigenvalue weighted by atomic mass is 16.6. The van der Waals surface area contributed by atoms with Crippen LogP contribution < -0.4 is 5.32 Å². The first-order valence-corrected chi connectivity index (χ1v) is 6.75. The Morgan fingerprint density at radius 2 is 1.68 bits per heavy atom. The van der Waals surface area contributed by atoms with E-state index >= 15 is 0 Å². The van der Waals surface area contributed by atoms with Gasteiger partial charge in [0.2, 0.25) is 0 Å². The molecule has 0 bridgehead atoms. The number of hydrogen-bond donors (Lipinski definition) is 2. The number of amides is 1. The van der Waals surface area contributed by atoms with Crippen molar-refractivity contribution in [2.75, 3.05) is 0 Å². The topological polar surface area (TPSA) is 75.6 Å². The largest absolute Gasteiger partial charge is 0.480 e. The van der Waals surface area contributed by atoms with Crippen molar-refractivity contribution >= 4 is 12.1 Å². The third kappa shape index (κ3) is 8.46. The number of aliphatic carboxylic acids is 1. The first-order valence-electron chi connectivity index (χ1n) is 6.75. The Hall–Kier alpha value is -1.26. The molecule has 19 heavy (non-hydrogen) atoms. The predicted octanol–water partition coefficient (Wildman–Crippen LogP) is 3.04. The third-order valence-corrected chi connectivity index (χ3v) is 3.04. The van der Waals surface area contributed by atoms with Gasteiger partial charge in [-0.05, 0) is 45.4 Å². The Bertz CT molecular complexity index is 307. The van der Waals surface area contributed by atoms with E-state index in [-0.39, 0.29) is 0 Å². The second-order valence-electron chi connectivity index (χ2n) is 6.34. The number of carboxylic acid groups (broad SMARTS) is 1. The summed E-state index contributed by atoms with van der Waals surface area (Å²) in [6.07, 6.45) is 0.482. The van der Waals surface area contributed by atoms with Gasteiger partial charge in [-0.15, -0.1) is 0 Å². The molecule has 0 aromatic heterocycles. The highest BCUT2D eigenvalue weighted by Crippen LogP contribution is 2.17. The summed E-state index contributed by atoms with van der Waals surface area (Å²) in [5, 5.41) is 11.5. The van der Waals surface area contributed by atoms with Gasteiger partial charge >= 0.3 is 12.1 Å². The van der Waals surface area contributed by atoms with Crippen molar-refractivity contribution in [3.8, 4) is 0 Å². The summed E-state index contributed by atoms with van der Waals surface area (Å²) in [6, 6.07) is -0.893. The molecular weight excluding hydrogens is 246 g/mol. The molecule has 5 nitrogen and oxygen atoms in total. The van der Waals surface area contributed by atoms with Crippen LogP contribution in [0, 0.1) is 11.8 Å². The summed E-state index contributed by atoms with van der Waals surface area (Å²) in [5.74, 6) is -0.111. The number of carboxylic acids is 1. The molecule has 0 aromatic carbocycles. The molecular formula is C14H27NO4. The highest BCUT2D eigenvalue weighted by Gasteiger charge is 2.24. The first kappa shape index (κ1) is 17.7. The van der Waals surface area contributed by atoms with Gasteiger partial charge in [0.05, 0.1) is 0 Å². The van der Waals surface area contributed by atoms with E-state index in [1.165, 1.54) is 0 Å². The van der Waals surface area contributed by atoms with E-state index < -0.39 is 23.7 Å². The van der Waals surface area contributed by atoms with Crippen molar-refractivity contribution in [1.82, 2.24) is 5.32 Å². The minimum atomic E-state index is -1.03. The number of alkyl carbamates (subject to hydrolysis) is 1. The fourth-order valence-electron chi connectivity index (χ4n) is 1.47. The fraction of sp³-hybridized carbons (Fsp3) is 0.857.